The lowest BCUT2D eigenvalue weighted by Gasteiger charge is -2.49. The van der Waals surface area contributed by atoms with Gasteiger partial charge in [0.2, 0.25) is 0 Å². The van der Waals surface area contributed by atoms with E-state index in [1.54, 1.807) is 6.20 Å². The first-order chi connectivity index (χ1) is 9.90. The summed E-state index contributed by atoms with van der Waals surface area (Å²) in [7, 11) is 4.28. The molecule has 0 aliphatic heterocycles. The maximum atomic E-state index is 6.13. The van der Waals surface area contributed by atoms with Crippen LogP contribution < -0.4 is 17.0 Å². The fraction of sp³-hybridized carbons (Fsp3) is 0.688. The molecule has 1 unspecified atom stereocenters. The van der Waals surface area contributed by atoms with Gasteiger partial charge in [-0.2, -0.15) is 0 Å². The van der Waals surface area contributed by atoms with Gasteiger partial charge in [-0.15, -0.1) is 0 Å². The Morgan fingerprint density at radius 2 is 2.00 bits per heavy atom. The van der Waals surface area contributed by atoms with E-state index in [1.807, 2.05) is 6.92 Å². The smallest absolute Gasteiger partial charge is 0.128 e. The van der Waals surface area contributed by atoms with Gasteiger partial charge in [-0.1, -0.05) is 6.92 Å². The van der Waals surface area contributed by atoms with Crippen LogP contribution in [-0.4, -0.2) is 29.5 Å². The van der Waals surface area contributed by atoms with Gasteiger partial charge in [0.15, 0.2) is 0 Å². The molecule has 0 spiro atoms. The summed E-state index contributed by atoms with van der Waals surface area (Å²) in [6.45, 7) is 4.36. The van der Waals surface area contributed by atoms with Crippen molar-refractivity contribution < 1.29 is 0 Å². The highest BCUT2D eigenvalue weighted by Crippen LogP contribution is 2.44. The van der Waals surface area contributed by atoms with Crippen LogP contribution in [-0.2, 0) is 0 Å². The molecule has 2 rings (SSSR count). The largest absolute Gasteiger partial charge is 0.383 e. The quantitative estimate of drug-likeness (QED) is 0.584. The average molecular weight is 291 g/mol. The van der Waals surface area contributed by atoms with Crippen molar-refractivity contribution in [1.82, 2.24) is 15.3 Å². The molecule has 1 aromatic rings. The van der Waals surface area contributed by atoms with E-state index in [-0.39, 0.29) is 11.6 Å². The highest BCUT2D eigenvalue weighted by atomic mass is 15.3. The number of rotatable bonds is 4. The van der Waals surface area contributed by atoms with Crippen molar-refractivity contribution >= 4 is 5.82 Å². The van der Waals surface area contributed by atoms with Gasteiger partial charge >= 0.3 is 0 Å². The minimum absolute atomic E-state index is 0.00704. The third-order valence-electron chi connectivity index (χ3n) is 5.13. The molecule has 1 heterocycles. The first-order valence-corrected chi connectivity index (χ1v) is 7.76. The number of aromatic nitrogens is 1. The third kappa shape index (κ3) is 3.05. The molecule has 5 heteroatoms. The second kappa shape index (κ2) is 6.30. The fourth-order valence-electron chi connectivity index (χ4n) is 3.62. The molecule has 5 nitrogen and oxygen atoms in total. The minimum atomic E-state index is -0.00907. The summed E-state index contributed by atoms with van der Waals surface area (Å²) in [6, 6.07) is 2.10. The highest BCUT2D eigenvalue weighted by molar-refractivity contribution is 5.44. The van der Waals surface area contributed by atoms with Gasteiger partial charge in [0.05, 0.1) is 6.04 Å². The van der Waals surface area contributed by atoms with Gasteiger partial charge in [-0.3, -0.25) is 11.3 Å². The molecule has 1 aliphatic rings. The van der Waals surface area contributed by atoms with E-state index in [0.717, 1.165) is 29.9 Å². The van der Waals surface area contributed by atoms with Gasteiger partial charge < -0.3 is 10.6 Å². The number of nitrogens with zero attached hydrogens (tertiary/aromatic N) is 2. The van der Waals surface area contributed by atoms with E-state index in [4.69, 9.17) is 11.6 Å². The van der Waals surface area contributed by atoms with Gasteiger partial charge in [-0.05, 0) is 64.3 Å². The number of pyridine rings is 1. The molecule has 0 saturated heterocycles. The lowest BCUT2D eigenvalue weighted by Crippen LogP contribution is -2.57. The number of nitrogens with two attached hydrogens (primary N) is 2. The van der Waals surface area contributed by atoms with Crippen LogP contribution in [0.25, 0.3) is 0 Å². The number of likely N-dealkylation sites (N-methyl/N-ethyl adjacent to an activating group) is 1. The Labute approximate surface area is 128 Å². The second-order valence-electron chi connectivity index (χ2n) is 6.77. The highest BCUT2D eigenvalue weighted by Gasteiger charge is 2.44. The summed E-state index contributed by atoms with van der Waals surface area (Å²) in [5, 5.41) is 0. The van der Waals surface area contributed by atoms with Crippen LogP contribution in [0, 0.1) is 12.8 Å². The molecule has 118 valence electrons. The Morgan fingerprint density at radius 1 is 1.38 bits per heavy atom. The summed E-state index contributed by atoms with van der Waals surface area (Å²) >= 11 is 0. The Kier molecular flexibility index (Phi) is 4.86. The van der Waals surface area contributed by atoms with Gasteiger partial charge in [-0.25, -0.2) is 4.98 Å². The minimum Gasteiger partial charge on any atom is -0.383 e. The van der Waals surface area contributed by atoms with Crippen LogP contribution in [0.15, 0.2) is 12.3 Å². The zero-order valence-corrected chi connectivity index (χ0v) is 13.7. The molecule has 1 atom stereocenters. The van der Waals surface area contributed by atoms with Crippen molar-refractivity contribution in [1.29, 1.82) is 0 Å². The Morgan fingerprint density at radius 3 is 2.52 bits per heavy atom. The van der Waals surface area contributed by atoms with E-state index >= 15 is 0 Å². The normalized spacial score (nSPS) is 27.8. The standard InChI is InChI=1S/C16H29N5/c1-11-5-7-16(8-6-11,21(3)4)14(20-18)13-9-12(2)10-19-15(13)17/h9-11,14,20H,5-8,18H2,1-4H3,(H2,17,19). The Balaban J connectivity index is 2.43. The van der Waals surface area contributed by atoms with E-state index < -0.39 is 0 Å². The zero-order valence-electron chi connectivity index (χ0n) is 13.7. The van der Waals surface area contributed by atoms with Crippen molar-refractivity contribution in [3.63, 3.8) is 0 Å². The zero-order chi connectivity index (χ0) is 15.6. The predicted molar refractivity (Wildman–Crippen MR) is 87.5 cm³/mol. The van der Waals surface area contributed by atoms with Crippen molar-refractivity contribution in [2.75, 3.05) is 19.8 Å². The maximum Gasteiger partial charge on any atom is 0.128 e. The summed E-state index contributed by atoms with van der Waals surface area (Å²) in [5.41, 5.74) is 11.3. The second-order valence-corrected chi connectivity index (χ2v) is 6.77. The van der Waals surface area contributed by atoms with Crippen LogP contribution in [0.1, 0.15) is 49.8 Å². The van der Waals surface area contributed by atoms with Crippen LogP contribution in [0.4, 0.5) is 5.82 Å². The molecule has 1 aromatic heterocycles. The number of hydrazine groups is 1. The molecule has 0 radical (unpaired) electrons. The van der Waals surface area contributed by atoms with Crippen LogP contribution in [0.5, 0.6) is 0 Å². The molecule has 0 aromatic carbocycles. The van der Waals surface area contributed by atoms with E-state index in [0.29, 0.717) is 5.82 Å². The molecule has 1 fully saturated rings. The monoisotopic (exact) mass is 291 g/mol. The molecule has 1 saturated carbocycles. The number of nitrogen functional groups attached to an aromatic ring is 1. The van der Waals surface area contributed by atoms with Crippen LogP contribution >= 0.6 is 0 Å². The SMILES string of the molecule is Cc1cnc(N)c(C(NN)C2(N(C)C)CCC(C)CC2)c1. The number of anilines is 1. The first-order valence-electron chi connectivity index (χ1n) is 7.76. The predicted octanol–water partition coefficient (Wildman–Crippen LogP) is 1.99. The Hall–Kier alpha value is -1.17. The van der Waals surface area contributed by atoms with Gasteiger partial charge in [0, 0.05) is 17.3 Å². The van der Waals surface area contributed by atoms with Gasteiger partial charge in [0.25, 0.3) is 0 Å². The lowest BCUT2D eigenvalue weighted by atomic mass is 9.70. The van der Waals surface area contributed by atoms with Crippen molar-refractivity contribution in [3.05, 3.63) is 23.4 Å². The van der Waals surface area contributed by atoms with E-state index in [2.05, 4.69) is 42.4 Å². The van der Waals surface area contributed by atoms with Crippen molar-refractivity contribution in [3.8, 4) is 0 Å². The molecule has 1 aliphatic carbocycles. The summed E-state index contributed by atoms with van der Waals surface area (Å²) in [6.07, 6.45) is 6.47. The number of nitrogens with one attached hydrogen (secondary N) is 1. The summed E-state index contributed by atoms with van der Waals surface area (Å²) < 4.78 is 0. The summed E-state index contributed by atoms with van der Waals surface area (Å²) in [5.74, 6) is 7.31. The first kappa shape index (κ1) is 16.2. The maximum absolute atomic E-state index is 6.13. The number of hydrogen-bond donors (Lipinski definition) is 3. The molecule has 21 heavy (non-hydrogen) atoms. The van der Waals surface area contributed by atoms with Crippen molar-refractivity contribution in [2.24, 2.45) is 11.8 Å². The Bertz CT molecular complexity index is 478. The van der Waals surface area contributed by atoms with E-state index in [1.165, 1.54) is 12.8 Å². The number of aryl methyl sites for hydroxylation is 1. The number of hydrogen-bond acceptors (Lipinski definition) is 5. The van der Waals surface area contributed by atoms with Gasteiger partial charge in [0.1, 0.15) is 5.82 Å². The topological polar surface area (TPSA) is 80.2 Å². The van der Waals surface area contributed by atoms with Crippen LogP contribution in [0.2, 0.25) is 0 Å². The molecule has 5 N–H and O–H groups in total. The third-order valence-corrected chi connectivity index (χ3v) is 5.13. The molecular weight excluding hydrogens is 262 g/mol. The fourth-order valence-corrected chi connectivity index (χ4v) is 3.62. The molecular formula is C16H29N5. The molecule has 0 bridgehead atoms. The summed E-state index contributed by atoms with van der Waals surface area (Å²) in [4.78, 5) is 6.62. The molecule has 0 amide bonds. The average Bonchev–Trinajstić information content (AvgIpc) is 2.45. The van der Waals surface area contributed by atoms with Crippen molar-refractivity contribution in [2.45, 2.75) is 51.1 Å². The van der Waals surface area contributed by atoms with E-state index in [9.17, 15) is 0 Å². The van der Waals surface area contributed by atoms with Crippen LogP contribution in [0.3, 0.4) is 0 Å². The lowest BCUT2D eigenvalue weighted by molar-refractivity contribution is 0.0429.